The lowest BCUT2D eigenvalue weighted by Crippen LogP contribution is -2.45. The van der Waals surface area contributed by atoms with Crippen molar-refractivity contribution in [3.63, 3.8) is 0 Å². The third-order valence-corrected chi connectivity index (χ3v) is 5.53. The Bertz CT molecular complexity index is 614. The van der Waals surface area contributed by atoms with Crippen LogP contribution in [-0.2, 0) is 6.54 Å². The summed E-state index contributed by atoms with van der Waals surface area (Å²) in [6.45, 7) is 3.02. The van der Waals surface area contributed by atoms with Crippen molar-refractivity contribution < 1.29 is 9.47 Å². The first kappa shape index (κ1) is 18.8. The number of hydrogen-bond acceptors (Lipinski definition) is 4. The zero-order valence-corrected chi connectivity index (χ0v) is 16.3. The van der Waals surface area contributed by atoms with Crippen LogP contribution in [0, 0.1) is 0 Å². The van der Waals surface area contributed by atoms with Gasteiger partial charge in [-0.15, -0.1) is 0 Å². The predicted molar refractivity (Wildman–Crippen MR) is 105 cm³/mol. The predicted octanol–water partition coefficient (Wildman–Crippen LogP) is 2.39. The number of methoxy groups -OCH3 is 2. The summed E-state index contributed by atoms with van der Waals surface area (Å²) < 4.78 is 10.7. The van der Waals surface area contributed by atoms with Crippen molar-refractivity contribution >= 4 is 5.96 Å². The second-order valence-electron chi connectivity index (χ2n) is 7.18. The van der Waals surface area contributed by atoms with Crippen LogP contribution in [-0.4, -0.2) is 57.3 Å². The van der Waals surface area contributed by atoms with Gasteiger partial charge in [0.1, 0.15) is 0 Å². The number of aliphatic imine (C=N–C) groups is 1. The Morgan fingerprint density at radius 3 is 2.62 bits per heavy atom. The van der Waals surface area contributed by atoms with Crippen LogP contribution in [0.3, 0.4) is 0 Å². The molecular formula is C20H32N4O2. The fourth-order valence-electron chi connectivity index (χ4n) is 4.07. The normalized spacial score (nSPS) is 21.8. The minimum Gasteiger partial charge on any atom is -0.493 e. The molecule has 0 amide bonds. The summed E-state index contributed by atoms with van der Waals surface area (Å²) in [4.78, 5) is 7.04. The molecule has 0 aromatic heterocycles. The average Bonchev–Trinajstić information content (AvgIpc) is 3.36. The van der Waals surface area contributed by atoms with Gasteiger partial charge in [0.2, 0.25) is 0 Å². The molecule has 1 saturated heterocycles. The topological polar surface area (TPSA) is 58.1 Å². The second kappa shape index (κ2) is 9.12. The monoisotopic (exact) mass is 360 g/mol. The lowest BCUT2D eigenvalue weighted by Gasteiger charge is -2.24. The summed E-state index contributed by atoms with van der Waals surface area (Å²) in [6, 6.07) is 7.26. The van der Waals surface area contributed by atoms with E-state index in [1.54, 1.807) is 14.2 Å². The van der Waals surface area contributed by atoms with Gasteiger partial charge < -0.3 is 20.1 Å². The van der Waals surface area contributed by atoms with Crippen molar-refractivity contribution in [3.05, 3.63) is 23.8 Å². The van der Waals surface area contributed by atoms with Crippen molar-refractivity contribution in [1.82, 2.24) is 15.5 Å². The highest BCUT2D eigenvalue weighted by Gasteiger charge is 2.30. The summed E-state index contributed by atoms with van der Waals surface area (Å²) in [5, 5.41) is 6.99. The number of hydrogen-bond donors (Lipinski definition) is 2. The van der Waals surface area contributed by atoms with Crippen LogP contribution in [0.1, 0.15) is 37.7 Å². The molecule has 2 aliphatic rings. The van der Waals surface area contributed by atoms with Gasteiger partial charge >= 0.3 is 0 Å². The molecule has 2 fully saturated rings. The zero-order valence-electron chi connectivity index (χ0n) is 16.3. The first-order valence-corrected chi connectivity index (χ1v) is 9.65. The zero-order chi connectivity index (χ0) is 18.4. The Kier molecular flexibility index (Phi) is 6.61. The van der Waals surface area contributed by atoms with Crippen LogP contribution in [0.2, 0.25) is 0 Å². The van der Waals surface area contributed by atoms with E-state index in [2.05, 4.69) is 20.5 Å². The molecular weight excluding hydrogens is 328 g/mol. The maximum absolute atomic E-state index is 5.37. The van der Waals surface area contributed by atoms with Crippen molar-refractivity contribution in [1.29, 1.82) is 0 Å². The molecule has 144 valence electrons. The van der Waals surface area contributed by atoms with Crippen molar-refractivity contribution in [2.45, 2.75) is 50.7 Å². The van der Waals surface area contributed by atoms with E-state index >= 15 is 0 Å². The second-order valence-corrected chi connectivity index (χ2v) is 7.18. The molecule has 1 saturated carbocycles. The van der Waals surface area contributed by atoms with Gasteiger partial charge in [-0.05, 0) is 37.0 Å². The van der Waals surface area contributed by atoms with Crippen LogP contribution >= 0.6 is 0 Å². The largest absolute Gasteiger partial charge is 0.493 e. The maximum Gasteiger partial charge on any atom is 0.191 e. The first-order valence-electron chi connectivity index (χ1n) is 9.65. The number of nitrogens with zero attached hydrogens (tertiary/aromatic N) is 2. The van der Waals surface area contributed by atoms with Gasteiger partial charge in [0.25, 0.3) is 0 Å². The number of ether oxygens (including phenoxy) is 2. The van der Waals surface area contributed by atoms with E-state index < -0.39 is 0 Å². The van der Waals surface area contributed by atoms with Gasteiger partial charge in [-0.3, -0.25) is 9.89 Å². The van der Waals surface area contributed by atoms with Crippen LogP contribution in [0.25, 0.3) is 0 Å². The highest BCUT2D eigenvalue weighted by Crippen LogP contribution is 2.28. The summed E-state index contributed by atoms with van der Waals surface area (Å²) >= 11 is 0. The Hall–Kier alpha value is -1.95. The third kappa shape index (κ3) is 4.61. The fraction of sp³-hybridized carbons (Fsp3) is 0.650. The molecule has 0 radical (unpaired) electrons. The van der Waals surface area contributed by atoms with E-state index in [0.717, 1.165) is 35.6 Å². The Morgan fingerprint density at radius 1 is 1.15 bits per heavy atom. The van der Waals surface area contributed by atoms with Gasteiger partial charge in [-0.1, -0.05) is 18.9 Å². The third-order valence-electron chi connectivity index (χ3n) is 5.53. The minimum atomic E-state index is 0.479. The Morgan fingerprint density at radius 2 is 1.92 bits per heavy atom. The summed E-state index contributed by atoms with van der Waals surface area (Å²) in [5.74, 6) is 2.35. The maximum atomic E-state index is 5.37. The molecule has 1 unspecified atom stereocenters. The molecule has 26 heavy (non-hydrogen) atoms. The number of likely N-dealkylation sites (tertiary alicyclic amines) is 1. The molecule has 1 aliphatic carbocycles. The van der Waals surface area contributed by atoms with Gasteiger partial charge in [-0.2, -0.15) is 0 Å². The van der Waals surface area contributed by atoms with Gasteiger partial charge in [0.05, 0.1) is 14.2 Å². The number of rotatable bonds is 6. The first-order chi connectivity index (χ1) is 12.7. The number of nitrogens with one attached hydrogen (secondary N) is 2. The smallest absolute Gasteiger partial charge is 0.191 e. The highest BCUT2D eigenvalue weighted by atomic mass is 16.5. The van der Waals surface area contributed by atoms with Crippen molar-refractivity contribution in [3.8, 4) is 11.5 Å². The molecule has 6 nitrogen and oxygen atoms in total. The van der Waals surface area contributed by atoms with Crippen LogP contribution in [0.5, 0.6) is 11.5 Å². The van der Waals surface area contributed by atoms with Crippen LogP contribution in [0.15, 0.2) is 23.2 Å². The molecule has 3 rings (SSSR count). The van der Waals surface area contributed by atoms with E-state index in [4.69, 9.17) is 9.47 Å². The summed E-state index contributed by atoms with van der Waals surface area (Å²) in [6.07, 6.45) is 6.73. The van der Waals surface area contributed by atoms with Gasteiger partial charge in [0.15, 0.2) is 17.5 Å². The summed E-state index contributed by atoms with van der Waals surface area (Å²) in [7, 11) is 5.14. The molecule has 1 heterocycles. The molecule has 0 bridgehead atoms. The van der Waals surface area contributed by atoms with Crippen molar-refractivity contribution in [2.24, 2.45) is 4.99 Å². The quantitative estimate of drug-likeness (QED) is 0.603. The molecule has 1 aliphatic heterocycles. The molecule has 1 aromatic carbocycles. The minimum absolute atomic E-state index is 0.479. The van der Waals surface area contributed by atoms with E-state index in [1.165, 1.54) is 38.6 Å². The van der Waals surface area contributed by atoms with Crippen LogP contribution < -0.4 is 20.1 Å². The van der Waals surface area contributed by atoms with E-state index in [-0.39, 0.29) is 0 Å². The molecule has 2 N–H and O–H groups in total. The molecule has 6 heteroatoms. The summed E-state index contributed by atoms with van der Waals surface area (Å²) in [5.41, 5.74) is 1.13. The SMILES string of the molecule is CN=C(NCc1ccc(OC)c(OC)c1)NC1CCN(C2CCCC2)C1. The number of guanidine groups is 1. The fourth-order valence-corrected chi connectivity index (χ4v) is 4.07. The molecule has 0 spiro atoms. The van der Waals surface area contributed by atoms with E-state index in [1.807, 2.05) is 25.2 Å². The van der Waals surface area contributed by atoms with Crippen LogP contribution in [0.4, 0.5) is 0 Å². The van der Waals surface area contributed by atoms with Gasteiger partial charge in [-0.25, -0.2) is 0 Å². The Labute approximate surface area is 157 Å². The highest BCUT2D eigenvalue weighted by molar-refractivity contribution is 5.80. The molecule has 1 aromatic rings. The van der Waals surface area contributed by atoms with E-state index in [9.17, 15) is 0 Å². The standard InChI is InChI=1S/C20H32N4O2/c1-21-20(22-13-15-8-9-18(25-2)19(12-15)26-3)23-16-10-11-24(14-16)17-6-4-5-7-17/h8-9,12,16-17H,4-7,10-11,13-14H2,1-3H3,(H2,21,22,23). The molecule has 1 atom stereocenters. The van der Waals surface area contributed by atoms with Gasteiger partial charge in [0, 0.05) is 38.8 Å². The Balaban J connectivity index is 1.49. The van der Waals surface area contributed by atoms with E-state index in [0.29, 0.717) is 12.6 Å². The lowest BCUT2D eigenvalue weighted by molar-refractivity contribution is 0.242. The van der Waals surface area contributed by atoms with Crippen molar-refractivity contribution in [2.75, 3.05) is 34.4 Å². The average molecular weight is 361 g/mol. The number of benzene rings is 1. The lowest BCUT2D eigenvalue weighted by atomic mass is 10.2.